The number of aromatic nitrogens is 1. The summed E-state index contributed by atoms with van der Waals surface area (Å²) in [6.07, 6.45) is 2.12. The number of hydrogen-bond donors (Lipinski definition) is 0. The van der Waals surface area contributed by atoms with Gasteiger partial charge in [0.25, 0.3) is 0 Å². The van der Waals surface area contributed by atoms with Crippen LogP contribution in [0.4, 0.5) is 11.4 Å². The van der Waals surface area contributed by atoms with Crippen LogP contribution in [0.2, 0.25) is 0 Å². The topological polar surface area (TPSA) is 8.17 Å². The van der Waals surface area contributed by atoms with E-state index in [1.165, 1.54) is 83.4 Å². The van der Waals surface area contributed by atoms with E-state index in [1.54, 1.807) is 0 Å². The second-order valence-electron chi connectivity index (χ2n) is 12.9. The normalized spacial score (nSPS) is 14.8. The molecule has 10 rings (SSSR count). The average molecular weight is 601 g/mol. The van der Waals surface area contributed by atoms with Gasteiger partial charge in [-0.15, -0.1) is 0 Å². The Morgan fingerprint density at radius 3 is 1.98 bits per heavy atom. The van der Waals surface area contributed by atoms with E-state index in [4.69, 9.17) is 0 Å². The van der Waals surface area contributed by atoms with Crippen LogP contribution < -0.4 is 4.90 Å². The molecule has 8 aromatic rings. The first-order valence-electron chi connectivity index (χ1n) is 16.6. The smallest absolute Gasteiger partial charge is 0.0541 e. The monoisotopic (exact) mass is 600 g/mol. The maximum Gasteiger partial charge on any atom is 0.0541 e. The SMILES string of the molecule is c1ccc(-c2ccccc2-c2cccc3c2CC2Cc4cc(-c5ccc6c(c5)c5ccccc5n6-c5ccccc5)ccc4N32)cc1. The highest BCUT2D eigenvalue weighted by atomic mass is 15.2. The van der Waals surface area contributed by atoms with Gasteiger partial charge >= 0.3 is 0 Å². The molecule has 7 aromatic carbocycles. The summed E-state index contributed by atoms with van der Waals surface area (Å²) in [5, 5.41) is 2.58. The molecule has 0 amide bonds. The molecule has 1 unspecified atom stereocenters. The fraction of sp³-hybridized carbons (Fsp3) is 0.0667. The summed E-state index contributed by atoms with van der Waals surface area (Å²) in [7, 11) is 0. The molecule has 0 saturated carbocycles. The number of para-hydroxylation sites is 2. The van der Waals surface area contributed by atoms with Crippen molar-refractivity contribution in [3.05, 3.63) is 175 Å². The largest absolute Gasteiger partial charge is 0.337 e. The van der Waals surface area contributed by atoms with Crippen LogP contribution in [-0.2, 0) is 12.8 Å². The first-order chi connectivity index (χ1) is 23.3. The molecule has 0 N–H and O–H groups in total. The van der Waals surface area contributed by atoms with Gasteiger partial charge in [-0.05, 0) is 106 Å². The predicted octanol–water partition coefficient (Wildman–Crippen LogP) is 11.4. The Hall–Kier alpha value is -5.86. The van der Waals surface area contributed by atoms with Crippen LogP contribution >= 0.6 is 0 Å². The van der Waals surface area contributed by atoms with Crippen LogP contribution in [0.1, 0.15) is 11.1 Å². The van der Waals surface area contributed by atoms with Gasteiger partial charge in [-0.3, -0.25) is 0 Å². The lowest BCUT2D eigenvalue weighted by Gasteiger charge is -2.21. The molecule has 0 bridgehead atoms. The van der Waals surface area contributed by atoms with E-state index in [9.17, 15) is 0 Å². The van der Waals surface area contributed by atoms with Crippen molar-refractivity contribution in [3.63, 3.8) is 0 Å². The second-order valence-corrected chi connectivity index (χ2v) is 12.9. The Labute approximate surface area is 274 Å². The van der Waals surface area contributed by atoms with Crippen molar-refractivity contribution < 1.29 is 0 Å². The zero-order valence-electron chi connectivity index (χ0n) is 26.0. The van der Waals surface area contributed by atoms with Crippen LogP contribution in [0.3, 0.4) is 0 Å². The molecule has 0 spiro atoms. The van der Waals surface area contributed by atoms with E-state index < -0.39 is 0 Å². The Morgan fingerprint density at radius 2 is 1.11 bits per heavy atom. The highest BCUT2D eigenvalue weighted by molar-refractivity contribution is 6.10. The van der Waals surface area contributed by atoms with E-state index in [1.807, 2.05) is 0 Å². The van der Waals surface area contributed by atoms with E-state index in [0.29, 0.717) is 6.04 Å². The zero-order chi connectivity index (χ0) is 30.9. The number of fused-ring (bicyclic) bond motifs is 8. The summed E-state index contributed by atoms with van der Waals surface area (Å²) < 4.78 is 2.38. The van der Waals surface area contributed by atoms with E-state index in [-0.39, 0.29) is 0 Å². The number of rotatable bonds is 4. The van der Waals surface area contributed by atoms with E-state index in [2.05, 4.69) is 173 Å². The summed E-state index contributed by atoms with van der Waals surface area (Å²) in [6.45, 7) is 0. The van der Waals surface area contributed by atoms with Crippen LogP contribution in [0.25, 0.3) is 60.9 Å². The van der Waals surface area contributed by atoms with Gasteiger partial charge in [0.1, 0.15) is 0 Å². The predicted molar refractivity (Wildman–Crippen MR) is 197 cm³/mol. The molecular weight excluding hydrogens is 569 g/mol. The molecule has 3 heterocycles. The summed E-state index contributed by atoms with van der Waals surface area (Å²) >= 11 is 0. The summed E-state index contributed by atoms with van der Waals surface area (Å²) in [4.78, 5) is 2.61. The van der Waals surface area contributed by atoms with E-state index >= 15 is 0 Å². The summed E-state index contributed by atoms with van der Waals surface area (Å²) in [5.74, 6) is 0. The molecule has 0 aliphatic carbocycles. The van der Waals surface area contributed by atoms with Crippen LogP contribution in [0.5, 0.6) is 0 Å². The maximum absolute atomic E-state index is 2.61. The highest BCUT2D eigenvalue weighted by Gasteiger charge is 2.38. The van der Waals surface area contributed by atoms with Crippen molar-refractivity contribution in [2.24, 2.45) is 0 Å². The minimum atomic E-state index is 0.451. The Morgan fingerprint density at radius 1 is 0.426 bits per heavy atom. The molecule has 47 heavy (non-hydrogen) atoms. The molecular formula is C45H32N2. The fourth-order valence-corrected chi connectivity index (χ4v) is 8.29. The first kappa shape index (κ1) is 26.4. The standard InChI is InChI=1S/C45H32N2/c1-3-12-30(13-4-1)36-16-7-8-17-37(36)38-19-11-21-44-41(38)29-35-27-33-26-31(22-24-42(33)47(35)44)32-23-25-45-40(28-32)39-18-9-10-20-43(39)46(45)34-14-5-2-6-15-34/h1-26,28,35H,27,29H2. The van der Waals surface area contributed by atoms with Crippen molar-refractivity contribution in [1.29, 1.82) is 0 Å². The van der Waals surface area contributed by atoms with Crippen LogP contribution in [0, 0.1) is 0 Å². The molecule has 2 aliphatic heterocycles. The second kappa shape index (κ2) is 10.3. The minimum Gasteiger partial charge on any atom is -0.337 e. The Bertz CT molecular complexity index is 2470. The molecule has 222 valence electrons. The molecule has 0 fully saturated rings. The Kier molecular flexibility index (Phi) is 5.80. The third-order valence-corrected chi connectivity index (χ3v) is 10.3. The van der Waals surface area contributed by atoms with Crippen molar-refractivity contribution >= 4 is 33.2 Å². The fourth-order valence-electron chi connectivity index (χ4n) is 8.29. The zero-order valence-corrected chi connectivity index (χ0v) is 26.0. The van der Waals surface area contributed by atoms with Gasteiger partial charge in [-0.2, -0.15) is 0 Å². The third-order valence-electron chi connectivity index (χ3n) is 10.3. The summed E-state index contributed by atoms with van der Waals surface area (Å²) in [6, 6.07) is 60.6. The molecule has 0 radical (unpaired) electrons. The maximum atomic E-state index is 2.61. The lowest BCUT2D eigenvalue weighted by molar-refractivity contribution is 0.726. The molecule has 2 aliphatic rings. The first-order valence-corrected chi connectivity index (χ1v) is 16.6. The third kappa shape index (κ3) is 4.05. The highest BCUT2D eigenvalue weighted by Crippen LogP contribution is 2.50. The van der Waals surface area contributed by atoms with Crippen molar-refractivity contribution in [2.45, 2.75) is 18.9 Å². The lowest BCUT2D eigenvalue weighted by atomic mass is 9.90. The Balaban J connectivity index is 1.04. The van der Waals surface area contributed by atoms with Gasteiger partial charge in [0.2, 0.25) is 0 Å². The molecule has 1 atom stereocenters. The average Bonchev–Trinajstić information content (AvgIpc) is 3.79. The number of hydrogen-bond acceptors (Lipinski definition) is 1. The van der Waals surface area contributed by atoms with Gasteiger partial charge in [-0.1, -0.05) is 115 Å². The van der Waals surface area contributed by atoms with Gasteiger partial charge in [-0.25, -0.2) is 0 Å². The van der Waals surface area contributed by atoms with Crippen LogP contribution in [0.15, 0.2) is 164 Å². The quantitative estimate of drug-likeness (QED) is 0.195. The van der Waals surface area contributed by atoms with Crippen molar-refractivity contribution in [3.8, 4) is 39.1 Å². The minimum absolute atomic E-state index is 0.451. The molecule has 0 saturated heterocycles. The van der Waals surface area contributed by atoms with Crippen LogP contribution in [-0.4, -0.2) is 10.6 Å². The van der Waals surface area contributed by atoms with Gasteiger partial charge < -0.3 is 9.47 Å². The number of anilines is 2. The number of benzene rings is 7. The molecule has 1 aromatic heterocycles. The van der Waals surface area contributed by atoms with Crippen molar-refractivity contribution in [2.75, 3.05) is 4.90 Å². The number of nitrogens with zero attached hydrogens (tertiary/aromatic N) is 2. The van der Waals surface area contributed by atoms with Crippen molar-refractivity contribution in [1.82, 2.24) is 4.57 Å². The lowest BCUT2D eigenvalue weighted by Crippen LogP contribution is -2.22. The van der Waals surface area contributed by atoms with Gasteiger partial charge in [0.15, 0.2) is 0 Å². The molecule has 2 heteroatoms. The van der Waals surface area contributed by atoms with Gasteiger partial charge in [0.05, 0.1) is 11.0 Å². The van der Waals surface area contributed by atoms with Gasteiger partial charge in [0, 0.05) is 33.9 Å². The summed E-state index contributed by atoms with van der Waals surface area (Å²) in [5.41, 5.74) is 17.1. The van der Waals surface area contributed by atoms with E-state index in [0.717, 1.165) is 12.8 Å². The molecule has 2 nitrogen and oxygen atoms in total.